The zero-order chi connectivity index (χ0) is 14.7. The Labute approximate surface area is 117 Å². The van der Waals surface area contributed by atoms with E-state index in [-0.39, 0.29) is 17.9 Å². The van der Waals surface area contributed by atoms with Crippen molar-refractivity contribution in [2.45, 2.75) is 32.2 Å². The van der Waals surface area contributed by atoms with Crippen molar-refractivity contribution in [3.63, 3.8) is 0 Å². The summed E-state index contributed by atoms with van der Waals surface area (Å²) in [6.07, 6.45) is 2.52. The molecular weight excluding hydrogens is 264 g/mol. The lowest BCUT2D eigenvalue weighted by Gasteiger charge is -2.20. The Bertz CT molecular complexity index is 473. The molecule has 20 heavy (non-hydrogen) atoms. The van der Waals surface area contributed by atoms with Gasteiger partial charge in [0.2, 0.25) is 0 Å². The highest BCUT2D eigenvalue weighted by atomic mass is 19.1. The summed E-state index contributed by atoms with van der Waals surface area (Å²) in [6, 6.07) is 3.22. The number of halogens is 2. The topological polar surface area (TPSA) is 49.3 Å². The van der Waals surface area contributed by atoms with Crippen LogP contribution in [0.4, 0.5) is 8.78 Å². The number of carboxylic acids is 1. The van der Waals surface area contributed by atoms with E-state index in [0.717, 1.165) is 18.9 Å². The number of hydrogen-bond acceptors (Lipinski definition) is 2. The summed E-state index contributed by atoms with van der Waals surface area (Å²) in [7, 11) is 0. The molecule has 1 saturated carbocycles. The molecule has 1 aliphatic carbocycles. The Morgan fingerprint density at radius 3 is 2.60 bits per heavy atom. The van der Waals surface area contributed by atoms with Crippen molar-refractivity contribution in [3.8, 4) is 0 Å². The lowest BCUT2D eigenvalue weighted by atomic mass is 9.95. The molecule has 0 heterocycles. The second kappa shape index (κ2) is 6.31. The van der Waals surface area contributed by atoms with E-state index in [9.17, 15) is 13.6 Å². The van der Waals surface area contributed by atoms with Crippen LogP contribution in [0, 0.1) is 23.5 Å². The third-order valence-electron chi connectivity index (χ3n) is 4.05. The number of nitrogens with one attached hydrogen (secondary N) is 1. The molecule has 3 atom stereocenters. The summed E-state index contributed by atoms with van der Waals surface area (Å²) in [6.45, 7) is 2.37. The predicted octanol–water partition coefficient (Wildman–Crippen LogP) is 3.12. The Morgan fingerprint density at radius 1 is 1.35 bits per heavy atom. The van der Waals surface area contributed by atoms with Crippen molar-refractivity contribution in [1.82, 2.24) is 5.32 Å². The monoisotopic (exact) mass is 283 g/mol. The van der Waals surface area contributed by atoms with Crippen LogP contribution in [0.2, 0.25) is 0 Å². The Morgan fingerprint density at radius 2 is 2.00 bits per heavy atom. The second-order valence-corrected chi connectivity index (χ2v) is 5.47. The molecule has 0 amide bonds. The standard InChI is InChI=1S/C15H19F2NO2/c1-9(11-5-12(16)7-13(17)6-11)18-8-10-3-2-4-14(10)15(19)20/h5-7,9-10,14,18H,2-4,8H2,1H3,(H,19,20). The van der Waals surface area contributed by atoms with E-state index in [1.807, 2.05) is 6.92 Å². The molecule has 0 aliphatic heterocycles. The molecule has 3 nitrogen and oxygen atoms in total. The highest BCUT2D eigenvalue weighted by molar-refractivity contribution is 5.70. The van der Waals surface area contributed by atoms with Gasteiger partial charge < -0.3 is 10.4 Å². The maximum absolute atomic E-state index is 13.2. The number of carbonyl (C=O) groups is 1. The minimum absolute atomic E-state index is 0.0911. The average molecular weight is 283 g/mol. The van der Waals surface area contributed by atoms with Crippen molar-refractivity contribution in [1.29, 1.82) is 0 Å². The fourth-order valence-electron chi connectivity index (χ4n) is 2.88. The molecule has 0 saturated heterocycles. The normalized spacial score (nSPS) is 23.8. The largest absolute Gasteiger partial charge is 0.481 e. The summed E-state index contributed by atoms with van der Waals surface area (Å²) in [5.41, 5.74) is 0.535. The van der Waals surface area contributed by atoms with Gasteiger partial charge in [-0.15, -0.1) is 0 Å². The molecule has 0 bridgehead atoms. The van der Waals surface area contributed by atoms with Gasteiger partial charge in [0.15, 0.2) is 0 Å². The van der Waals surface area contributed by atoms with E-state index in [1.54, 1.807) is 0 Å². The summed E-state index contributed by atoms with van der Waals surface area (Å²) >= 11 is 0. The van der Waals surface area contributed by atoms with Gasteiger partial charge in [-0.2, -0.15) is 0 Å². The number of rotatable bonds is 5. The molecule has 1 aliphatic rings. The summed E-state index contributed by atoms with van der Waals surface area (Å²) in [4.78, 5) is 11.1. The quantitative estimate of drug-likeness (QED) is 0.873. The first-order chi connectivity index (χ1) is 9.47. The van der Waals surface area contributed by atoms with Gasteiger partial charge in [0.05, 0.1) is 5.92 Å². The van der Waals surface area contributed by atoms with Gasteiger partial charge in [-0.3, -0.25) is 4.79 Å². The number of aliphatic carboxylic acids is 1. The highest BCUT2D eigenvalue weighted by Gasteiger charge is 2.32. The van der Waals surface area contributed by atoms with Crippen molar-refractivity contribution >= 4 is 5.97 Å². The fourth-order valence-corrected chi connectivity index (χ4v) is 2.88. The summed E-state index contributed by atoms with van der Waals surface area (Å²) in [5.74, 6) is -2.16. The van der Waals surface area contributed by atoms with Gasteiger partial charge in [-0.1, -0.05) is 6.42 Å². The molecule has 0 aromatic heterocycles. The second-order valence-electron chi connectivity index (χ2n) is 5.47. The molecule has 0 radical (unpaired) electrons. The Balaban J connectivity index is 1.94. The molecule has 1 aromatic rings. The maximum atomic E-state index is 13.2. The van der Waals surface area contributed by atoms with Crippen LogP contribution in [0.1, 0.15) is 37.8 Å². The maximum Gasteiger partial charge on any atom is 0.306 e. The average Bonchev–Trinajstić information content (AvgIpc) is 2.83. The van der Waals surface area contributed by atoms with Crippen molar-refractivity contribution in [3.05, 3.63) is 35.4 Å². The van der Waals surface area contributed by atoms with E-state index in [4.69, 9.17) is 5.11 Å². The van der Waals surface area contributed by atoms with Gasteiger partial charge >= 0.3 is 5.97 Å². The van der Waals surface area contributed by atoms with Gasteiger partial charge in [-0.25, -0.2) is 8.78 Å². The molecular formula is C15H19F2NO2. The third kappa shape index (κ3) is 3.54. The van der Waals surface area contributed by atoms with Gasteiger partial charge in [0, 0.05) is 12.1 Å². The molecule has 0 spiro atoms. The molecule has 3 unspecified atom stereocenters. The van der Waals surface area contributed by atoms with E-state index in [1.165, 1.54) is 12.1 Å². The molecule has 2 N–H and O–H groups in total. The van der Waals surface area contributed by atoms with Crippen LogP contribution < -0.4 is 5.32 Å². The Kier molecular flexibility index (Phi) is 4.70. The lowest BCUT2D eigenvalue weighted by Crippen LogP contribution is -2.30. The van der Waals surface area contributed by atoms with E-state index >= 15 is 0 Å². The first-order valence-electron chi connectivity index (χ1n) is 6.89. The van der Waals surface area contributed by atoms with Crippen LogP contribution in [0.15, 0.2) is 18.2 Å². The van der Waals surface area contributed by atoms with Crippen LogP contribution >= 0.6 is 0 Å². The van der Waals surface area contributed by atoms with Gasteiger partial charge in [-0.05, 0) is 49.9 Å². The lowest BCUT2D eigenvalue weighted by molar-refractivity contribution is -0.142. The molecule has 1 fully saturated rings. The predicted molar refractivity (Wildman–Crippen MR) is 71.2 cm³/mol. The minimum Gasteiger partial charge on any atom is -0.481 e. The smallest absolute Gasteiger partial charge is 0.306 e. The van der Waals surface area contributed by atoms with Crippen LogP contribution in [0.5, 0.6) is 0 Å². The van der Waals surface area contributed by atoms with Crippen molar-refractivity contribution in [2.75, 3.05) is 6.54 Å². The molecule has 1 aromatic carbocycles. The van der Waals surface area contributed by atoms with Crippen LogP contribution in [0.25, 0.3) is 0 Å². The van der Waals surface area contributed by atoms with E-state index in [2.05, 4.69) is 5.32 Å². The summed E-state index contributed by atoms with van der Waals surface area (Å²) < 4.78 is 26.3. The van der Waals surface area contributed by atoms with Crippen LogP contribution in [-0.2, 0) is 4.79 Å². The van der Waals surface area contributed by atoms with E-state index < -0.39 is 17.6 Å². The van der Waals surface area contributed by atoms with Gasteiger partial charge in [0.25, 0.3) is 0 Å². The zero-order valence-corrected chi connectivity index (χ0v) is 11.4. The zero-order valence-electron chi connectivity index (χ0n) is 11.4. The third-order valence-corrected chi connectivity index (χ3v) is 4.05. The summed E-state index contributed by atoms with van der Waals surface area (Å²) in [5, 5.41) is 12.3. The van der Waals surface area contributed by atoms with Crippen LogP contribution in [-0.4, -0.2) is 17.6 Å². The van der Waals surface area contributed by atoms with E-state index in [0.29, 0.717) is 18.5 Å². The number of benzene rings is 1. The molecule has 5 heteroatoms. The van der Waals surface area contributed by atoms with Gasteiger partial charge in [0.1, 0.15) is 11.6 Å². The molecule has 110 valence electrons. The van der Waals surface area contributed by atoms with Crippen LogP contribution in [0.3, 0.4) is 0 Å². The highest BCUT2D eigenvalue weighted by Crippen LogP contribution is 2.31. The minimum atomic E-state index is -0.751. The Hall–Kier alpha value is -1.49. The SMILES string of the molecule is CC(NCC1CCCC1C(=O)O)c1cc(F)cc(F)c1. The number of hydrogen-bond donors (Lipinski definition) is 2. The fraction of sp³-hybridized carbons (Fsp3) is 0.533. The van der Waals surface area contributed by atoms with Crippen molar-refractivity contribution < 1.29 is 18.7 Å². The first-order valence-corrected chi connectivity index (χ1v) is 6.89. The first kappa shape index (κ1) is 14.9. The molecule has 2 rings (SSSR count). The van der Waals surface area contributed by atoms with Crippen molar-refractivity contribution in [2.24, 2.45) is 11.8 Å². The number of carboxylic acid groups (broad SMARTS) is 1.